The molecule has 0 bridgehead atoms. The third-order valence-electron chi connectivity index (χ3n) is 2.92. The summed E-state index contributed by atoms with van der Waals surface area (Å²) in [6.45, 7) is 0. The summed E-state index contributed by atoms with van der Waals surface area (Å²) in [5, 5.41) is 4.34. The molecule has 0 aliphatic heterocycles. The van der Waals surface area contributed by atoms with Gasteiger partial charge in [-0.05, 0) is 46.9 Å². The third-order valence-corrected chi connectivity index (χ3v) is 5.20. The highest BCUT2D eigenvalue weighted by Crippen LogP contribution is 2.33. The summed E-state index contributed by atoms with van der Waals surface area (Å²) in [4.78, 5) is 16.9. The number of nitrogens with zero attached hydrogens (tertiary/aromatic N) is 1. The number of hydrogen-bond donors (Lipinski definition) is 2. The summed E-state index contributed by atoms with van der Waals surface area (Å²) in [6, 6.07) is 7.10. The van der Waals surface area contributed by atoms with E-state index in [4.69, 9.17) is 17.3 Å². The summed E-state index contributed by atoms with van der Waals surface area (Å²) in [6.07, 6.45) is 3.37. The zero-order valence-electron chi connectivity index (χ0n) is 10.6. The van der Waals surface area contributed by atoms with Crippen LogP contribution in [0.15, 0.2) is 36.7 Å². The van der Waals surface area contributed by atoms with Crippen LogP contribution in [-0.2, 0) is 0 Å². The Morgan fingerprint density at radius 3 is 2.90 bits per heavy atom. The second-order valence-electron chi connectivity index (χ2n) is 4.29. The van der Waals surface area contributed by atoms with E-state index < -0.39 is 0 Å². The molecular formula is C14H9ClIN3OS. The fourth-order valence-corrected chi connectivity index (χ4v) is 3.90. The zero-order chi connectivity index (χ0) is 15.0. The maximum Gasteiger partial charge on any atom is 0.267 e. The molecule has 0 fully saturated rings. The first kappa shape index (κ1) is 14.6. The number of hydrogen-bond acceptors (Lipinski definition) is 4. The van der Waals surface area contributed by atoms with Gasteiger partial charge >= 0.3 is 0 Å². The third kappa shape index (κ3) is 2.83. The first-order valence-electron chi connectivity index (χ1n) is 5.94. The summed E-state index contributed by atoms with van der Waals surface area (Å²) in [5.74, 6) is -0.228. The van der Waals surface area contributed by atoms with Gasteiger partial charge in [-0.1, -0.05) is 11.6 Å². The van der Waals surface area contributed by atoms with E-state index in [-0.39, 0.29) is 5.91 Å². The highest BCUT2D eigenvalue weighted by atomic mass is 127. The largest absolute Gasteiger partial charge is 0.397 e. The van der Waals surface area contributed by atoms with Crippen molar-refractivity contribution in [3.05, 3.63) is 50.1 Å². The molecule has 3 rings (SSSR count). The summed E-state index contributed by atoms with van der Waals surface area (Å²) < 4.78 is 1.76. The van der Waals surface area contributed by atoms with E-state index in [0.29, 0.717) is 21.3 Å². The number of thiophene rings is 1. The van der Waals surface area contributed by atoms with Crippen LogP contribution in [0.3, 0.4) is 0 Å². The molecule has 0 atom stereocenters. The van der Waals surface area contributed by atoms with Crippen LogP contribution < -0.4 is 11.1 Å². The van der Waals surface area contributed by atoms with Crippen molar-refractivity contribution in [1.29, 1.82) is 0 Å². The minimum absolute atomic E-state index is 0.228. The highest BCUT2D eigenvalue weighted by molar-refractivity contribution is 14.1. The molecule has 0 radical (unpaired) electrons. The van der Waals surface area contributed by atoms with Crippen LogP contribution in [-0.4, -0.2) is 10.9 Å². The van der Waals surface area contributed by atoms with Crippen LogP contribution in [0.2, 0.25) is 5.02 Å². The van der Waals surface area contributed by atoms with Gasteiger partial charge in [0.1, 0.15) is 4.88 Å². The Kier molecular flexibility index (Phi) is 4.01. The van der Waals surface area contributed by atoms with Crippen LogP contribution >= 0.6 is 45.5 Å². The normalized spacial score (nSPS) is 10.8. The van der Waals surface area contributed by atoms with Crippen molar-refractivity contribution >= 4 is 72.9 Å². The number of carbonyl (C=O) groups excluding carboxylic acids is 1. The molecule has 2 heterocycles. The molecule has 0 spiro atoms. The average molecular weight is 430 g/mol. The van der Waals surface area contributed by atoms with E-state index in [0.717, 1.165) is 13.7 Å². The molecule has 2 aromatic heterocycles. The molecule has 0 saturated heterocycles. The number of benzene rings is 1. The Morgan fingerprint density at radius 2 is 2.19 bits per heavy atom. The predicted molar refractivity (Wildman–Crippen MR) is 96.2 cm³/mol. The molecule has 0 saturated carbocycles. The quantitative estimate of drug-likeness (QED) is 0.594. The van der Waals surface area contributed by atoms with E-state index in [1.165, 1.54) is 11.3 Å². The van der Waals surface area contributed by atoms with Crippen LogP contribution in [0.25, 0.3) is 10.1 Å². The van der Waals surface area contributed by atoms with E-state index in [1.807, 2.05) is 6.07 Å². The molecular weight excluding hydrogens is 421 g/mol. The Bertz CT molecular complexity index is 849. The lowest BCUT2D eigenvalue weighted by Crippen LogP contribution is -2.12. The fourth-order valence-electron chi connectivity index (χ4n) is 1.91. The van der Waals surface area contributed by atoms with Crippen molar-refractivity contribution in [3.8, 4) is 0 Å². The number of rotatable bonds is 2. The minimum Gasteiger partial charge on any atom is -0.397 e. The molecule has 7 heteroatoms. The van der Waals surface area contributed by atoms with Crippen molar-refractivity contribution in [3.63, 3.8) is 0 Å². The molecule has 0 unspecified atom stereocenters. The maximum atomic E-state index is 12.4. The molecule has 106 valence electrons. The number of carbonyl (C=O) groups is 1. The molecule has 3 aromatic rings. The van der Waals surface area contributed by atoms with E-state index in [9.17, 15) is 4.79 Å². The molecule has 21 heavy (non-hydrogen) atoms. The number of pyridine rings is 1. The van der Waals surface area contributed by atoms with Gasteiger partial charge in [-0.15, -0.1) is 11.3 Å². The van der Waals surface area contributed by atoms with Crippen molar-refractivity contribution in [1.82, 2.24) is 4.98 Å². The molecule has 0 aliphatic carbocycles. The SMILES string of the molecule is Nc1c(C(=O)Nc2ccc(Cl)cc2I)sc2cnccc12. The van der Waals surface area contributed by atoms with E-state index in [2.05, 4.69) is 32.9 Å². The molecule has 1 aromatic carbocycles. The van der Waals surface area contributed by atoms with Crippen LogP contribution in [0.4, 0.5) is 11.4 Å². The van der Waals surface area contributed by atoms with Gasteiger partial charge in [0.15, 0.2) is 0 Å². The highest BCUT2D eigenvalue weighted by Gasteiger charge is 2.17. The van der Waals surface area contributed by atoms with Crippen molar-refractivity contribution in [2.75, 3.05) is 11.1 Å². The number of anilines is 2. The van der Waals surface area contributed by atoms with Crippen LogP contribution in [0.1, 0.15) is 9.67 Å². The Morgan fingerprint density at radius 1 is 1.38 bits per heavy atom. The lowest BCUT2D eigenvalue weighted by Gasteiger charge is -2.07. The first-order chi connectivity index (χ1) is 10.1. The first-order valence-corrected chi connectivity index (χ1v) is 8.22. The minimum atomic E-state index is -0.228. The van der Waals surface area contributed by atoms with E-state index >= 15 is 0 Å². The van der Waals surface area contributed by atoms with Gasteiger partial charge in [0.25, 0.3) is 5.91 Å². The topological polar surface area (TPSA) is 68.0 Å². The summed E-state index contributed by atoms with van der Waals surface area (Å²) >= 11 is 9.36. The van der Waals surface area contributed by atoms with Crippen LogP contribution in [0.5, 0.6) is 0 Å². The molecule has 1 amide bonds. The van der Waals surface area contributed by atoms with Gasteiger partial charge < -0.3 is 11.1 Å². The second kappa shape index (κ2) is 5.78. The second-order valence-corrected chi connectivity index (χ2v) is 6.95. The van der Waals surface area contributed by atoms with Gasteiger partial charge in [0.05, 0.1) is 16.1 Å². The lowest BCUT2D eigenvalue weighted by atomic mass is 10.2. The standard InChI is InChI=1S/C14H9ClIN3OS/c15-7-1-2-10(9(16)5-7)19-14(20)13-12(17)8-3-4-18-6-11(8)21-13/h1-6H,17H2,(H,19,20). The number of halogens is 2. The summed E-state index contributed by atoms with van der Waals surface area (Å²) in [7, 11) is 0. The number of nitrogens with one attached hydrogen (secondary N) is 1. The Labute approximate surface area is 143 Å². The van der Waals surface area contributed by atoms with Gasteiger partial charge in [-0.3, -0.25) is 9.78 Å². The molecule has 3 N–H and O–H groups in total. The Balaban J connectivity index is 1.95. The van der Waals surface area contributed by atoms with Crippen molar-refractivity contribution < 1.29 is 4.79 Å². The smallest absolute Gasteiger partial charge is 0.267 e. The van der Waals surface area contributed by atoms with Gasteiger partial charge in [0, 0.05) is 26.4 Å². The van der Waals surface area contributed by atoms with Gasteiger partial charge in [0.2, 0.25) is 0 Å². The van der Waals surface area contributed by atoms with Crippen LogP contribution in [0, 0.1) is 3.57 Å². The summed E-state index contributed by atoms with van der Waals surface area (Å²) in [5.41, 5.74) is 7.25. The van der Waals surface area contributed by atoms with Gasteiger partial charge in [-0.25, -0.2) is 0 Å². The van der Waals surface area contributed by atoms with Gasteiger partial charge in [-0.2, -0.15) is 0 Å². The monoisotopic (exact) mass is 429 g/mol. The number of amides is 1. The molecule has 0 aliphatic rings. The zero-order valence-corrected chi connectivity index (χ0v) is 14.3. The fraction of sp³-hybridized carbons (Fsp3) is 0. The number of fused-ring (bicyclic) bond motifs is 1. The number of aromatic nitrogens is 1. The molecule has 4 nitrogen and oxygen atoms in total. The van der Waals surface area contributed by atoms with Crippen molar-refractivity contribution in [2.24, 2.45) is 0 Å². The van der Waals surface area contributed by atoms with Crippen molar-refractivity contribution in [2.45, 2.75) is 0 Å². The Hall–Kier alpha value is -1.38. The average Bonchev–Trinajstić information content (AvgIpc) is 2.80. The number of nitrogen functional groups attached to an aromatic ring is 1. The predicted octanol–water partition coefficient (Wildman–Crippen LogP) is 4.39. The maximum absolute atomic E-state index is 12.4. The lowest BCUT2D eigenvalue weighted by molar-refractivity contribution is 0.103. The van der Waals surface area contributed by atoms with E-state index in [1.54, 1.807) is 30.6 Å². The number of nitrogens with two attached hydrogens (primary N) is 1.